The van der Waals surface area contributed by atoms with Crippen LogP contribution in [0.3, 0.4) is 0 Å². The standard InChI is InChI=1S/2CHNO.Al.3H/c2*2-1-3;;;;/h2*2H;;;;. The molecule has 2 N–H and O–H groups in total. The fourth-order valence-electron chi connectivity index (χ4n) is 0. The Balaban J connectivity index is -0.0000000400. The van der Waals surface area contributed by atoms with Crippen LogP contribution in [0.25, 0.3) is 0 Å². The molecule has 0 atom stereocenters. The van der Waals surface area contributed by atoms with Gasteiger partial charge in [0.1, 0.15) is 0 Å². The molecule has 0 bridgehead atoms. The minimum atomic E-state index is 0. The topological polar surface area (TPSA) is 81.8 Å². The highest BCUT2D eigenvalue weighted by Gasteiger charge is 1.04. The summed E-state index contributed by atoms with van der Waals surface area (Å²) in [7, 11) is 0. The lowest BCUT2D eigenvalue weighted by Crippen LogP contribution is -1.16. The van der Waals surface area contributed by atoms with Crippen molar-refractivity contribution >= 4 is 29.5 Å². The summed E-state index contributed by atoms with van der Waals surface area (Å²) in [6.45, 7) is 0. The molecule has 0 aromatic rings. The third-order valence-electron chi connectivity index (χ3n) is 0. The van der Waals surface area contributed by atoms with Gasteiger partial charge in [-0.15, -0.1) is 0 Å². The van der Waals surface area contributed by atoms with Crippen molar-refractivity contribution in [2.45, 2.75) is 0 Å². The maximum Gasteiger partial charge on any atom is 0.231 e. The average Bonchev–Trinajstić information content (AvgIpc) is 1.39. The predicted molar refractivity (Wildman–Crippen MR) is 26.8 cm³/mol. The molecule has 0 aliphatic carbocycles. The molecule has 0 radical (unpaired) electrons. The summed E-state index contributed by atoms with van der Waals surface area (Å²) in [4.78, 5) is 16.7. The zero-order valence-electron chi connectivity index (χ0n) is 2.82. The molecule has 0 saturated heterocycles. The van der Waals surface area contributed by atoms with E-state index in [-0.39, 0.29) is 17.4 Å². The molecule has 0 aliphatic rings. The summed E-state index contributed by atoms with van der Waals surface area (Å²) >= 11 is 0. The van der Waals surface area contributed by atoms with Crippen molar-refractivity contribution in [2.75, 3.05) is 0 Å². The Labute approximate surface area is 50.7 Å². The van der Waals surface area contributed by atoms with Gasteiger partial charge in [-0.3, -0.25) is 0 Å². The highest BCUT2D eigenvalue weighted by Crippen LogP contribution is 0.871. The van der Waals surface area contributed by atoms with Crippen molar-refractivity contribution in [1.82, 2.24) is 0 Å². The Hall–Kier alpha value is -0.708. The zero-order valence-corrected chi connectivity index (χ0v) is 2.82. The molecule has 38 valence electrons. The molecule has 0 spiro atoms. The number of nitrogens with one attached hydrogen (secondary N) is 2. The molecule has 7 heavy (non-hydrogen) atoms. The summed E-state index contributed by atoms with van der Waals surface area (Å²) in [5.74, 6) is 0. The van der Waals surface area contributed by atoms with Gasteiger partial charge in [-0.05, 0) is 0 Å². The third-order valence-corrected chi connectivity index (χ3v) is 0. The molecular formula is C2H5AlN2O2. The maximum atomic E-state index is 8.35. The fraction of sp³-hybridized carbons (Fsp3) is 0. The van der Waals surface area contributed by atoms with Crippen LogP contribution < -0.4 is 0 Å². The van der Waals surface area contributed by atoms with E-state index in [0.717, 1.165) is 12.2 Å². The van der Waals surface area contributed by atoms with Crippen molar-refractivity contribution in [3.8, 4) is 0 Å². The minimum Gasteiger partial charge on any atom is -0.222 e. The van der Waals surface area contributed by atoms with Crippen molar-refractivity contribution in [1.29, 1.82) is 10.8 Å². The van der Waals surface area contributed by atoms with Gasteiger partial charge < -0.3 is 0 Å². The van der Waals surface area contributed by atoms with Gasteiger partial charge in [0.2, 0.25) is 12.2 Å². The van der Waals surface area contributed by atoms with Gasteiger partial charge in [0, 0.05) is 0 Å². The largest absolute Gasteiger partial charge is 0.231 e. The second-order valence-corrected chi connectivity index (χ2v) is 0.204. The highest BCUT2D eigenvalue weighted by molar-refractivity contribution is 5.75. The van der Waals surface area contributed by atoms with E-state index >= 15 is 0 Å². The average molecular weight is 116 g/mol. The quantitative estimate of drug-likeness (QED) is 0.232. The van der Waals surface area contributed by atoms with Crippen LogP contribution in [0.5, 0.6) is 0 Å². The second kappa shape index (κ2) is 58.4. The van der Waals surface area contributed by atoms with Gasteiger partial charge >= 0.3 is 0 Å². The van der Waals surface area contributed by atoms with Crippen LogP contribution >= 0.6 is 0 Å². The van der Waals surface area contributed by atoms with Crippen molar-refractivity contribution in [3.63, 3.8) is 0 Å². The maximum absolute atomic E-state index is 8.35. The smallest absolute Gasteiger partial charge is 0.222 e. The van der Waals surface area contributed by atoms with Gasteiger partial charge in [0.15, 0.2) is 17.4 Å². The third kappa shape index (κ3) is 115. The first-order chi connectivity index (χ1) is 2.83. The van der Waals surface area contributed by atoms with Crippen LogP contribution in [0.1, 0.15) is 0 Å². The van der Waals surface area contributed by atoms with Crippen LogP contribution in [0.2, 0.25) is 0 Å². The fourth-order valence-corrected chi connectivity index (χ4v) is 0. The number of carbonyl (C=O) groups excluding carboxylic acids is 2. The first-order valence-electron chi connectivity index (χ1n) is 0.908. The Kier molecular flexibility index (Phi) is 136. The lowest BCUT2D eigenvalue weighted by atomic mass is 11.7. The summed E-state index contributed by atoms with van der Waals surface area (Å²) in [5, 5.41) is 10.8. The van der Waals surface area contributed by atoms with E-state index in [0.29, 0.717) is 0 Å². The summed E-state index contributed by atoms with van der Waals surface area (Å²) in [6, 6.07) is 0. The van der Waals surface area contributed by atoms with Crippen LogP contribution in [-0.2, 0) is 9.59 Å². The number of isocyanates is 2. The molecule has 0 rings (SSSR count). The Bertz CT molecular complexity index is 67.7. The van der Waals surface area contributed by atoms with E-state index in [1.54, 1.807) is 0 Å². The second-order valence-electron chi connectivity index (χ2n) is 0.204. The monoisotopic (exact) mass is 116 g/mol. The van der Waals surface area contributed by atoms with Gasteiger partial charge in [-0.1, -0.05) is 0 Å². The van der Waals surface area contributed by atoms with Crippen LogP contribution in [0, 0.1) is 10.8 Å². The number of rotatable bonds is 0. The van der Waals surface area contributed by atoms with Crippen molar-refractivity contribution in [2.24, 2.45) is 0 Å². The van der Waals surface area contributed by atoms with Crippen LogP contribution in [0.15, 0.2) is 0 Å². The molecule has 0 aromatic heterocycles. The molecule has 0 aromatic carbocycles. The molecule has 4 nitrogen and oxygen atoms in total. The molecule has 0 saturated carbocycles. The molecular weight excluding hydrogens is 111 g/mol. The molecule has 5 heteroatoms. The Morgan fingerprint density at radius 2 is 1.00 bits per heavy atom. The number of hydrogen-bond donors (Lipinski definition) is 2. The van der Waals surface area contributed by atoms with Gasteiger partial charge in [-0.25, -0.2) is 20.4 Å². The Morgan fingerprint density at radius 1 is 1.00 bits per heavy atom. The van der Waals surface area contributed by atoms with Crippen molar-refractivity contribution < 1.29 is 9.59 Å². The highest BCUT2D eigenvalue weighted by atomic mass is 27.0. The SMILES string of the molecule is N=C=O.N=C=O.[AlH3]. The van der Waals surface area contributed by atoms with E-state index in [1.807, 2.05) is 0 Å². The van der Waals surface area contributed by atoms with Crippen LogP contribution in [0.4, 0.5) is 0 Å². The zero-order chi connectivity index (χ0) is 5.41. The minimum absolute atomic E-state index is 0. The summed E-state index contributed by atoms with van der Waals surface area (Å²) in [5.41, 5.74) is 0. The first-order valence-corrected chi connectivity index (χ1v) is 0.908. The van der Waals surface area contributed by atoms with E-state index in [2.05, 4.69) is 0 Å². The first kappa shape index (κ1) is 16.3. The van der Waals surface area contributed by atoms with Gasteiger partial charge in [0.25, 0.3) is 0 Å². The molecule has 0 unspecified atom stereocenters. The van der Waals surface area contributed by atoms with E-state index in [1.165, 1.54) is 0 Å². The summed E-state index contributed by atoms with van der Waals surface area (Å²) in [6.07, 6.45) is 1.50. The predicted octanol–water partition coefficient (Wildman–Crippen LogP) is -1.38. The van der Waals surface area contributed by atoms with E-state index in [9.17, 15) is 0 Å². The summed E-state index contributed by atoms with van der Waals surface area (Å²) < 4.78 is 0. The van der Waals surface area contributed by atoms with E-state index in [4.69, 9.17) is 20.4 Å². The van der Waals surface area contributed by atoms with Crippen molar-refractivity contribution in [3.05, 3.63) is 0 Å². The lowest BCUT2D eigenvalue weighted by Gasteiger charge is -1.02. The van der Waals surface area contributed by atoms with E-state index < -0.39 is 0 Å². The van der Waals surface area contributed by atoms with Crippen LogP contribution in [-0.4, -0.2) is 29.5 Å². The molecule has 0 heterocycles. The molecule has 0 fully saturated rings. The number of hydrogen-bond acceptors (Lipinski definition) is 4. The lowest BCUT2D eigenvalue weighted by molar-refractivity contribution is 0.562. The Morgan fingerprint density at radius 3 is 1.00 bits per heavy atom. The molecule has 0 amide bonds. The van der Waals surface area contributed by atoms with Gasteiger partial charge in [-0.2, -0.15) is 0 Å². The normalized spacial score (nSPS) is 2.29. The molecule has 0 aliphatic heterocycles. The van der Waals surface area contributed by atoms with Gasteiger partial charge in [0.05, 0.1) is 0 Å².